The van der Waals surface area contributed by atoms with Gasteiger partial charge in [0, 0.05) is 35.6 Å². The van der Waals surface area contributed by atoms with Crippen LogP contribution in [0.5, 0.6) is 0 Å². The molecule has 22 heavy (non-hydrogen) atoms. The SMILES string of the molecule is C[C@@H](CCc1cccn1C)NC(=O)[C@H](O)c1ccccc1Cl. The minimum Gasteiger partial charge on any atom is -0.378 e. The van der Waals surface area contributed by atoms with E-state index in [0.29, 0.717) is 10.6 Å². The maximum Gasteiger partial charge on any atom is 0.253 e. The lowest BCUT2D eigenvalue weighted by Gasteiger charge is -2.18. The topological polar surface area (TPSA) is 54.3 Å². The van der Waals surface area contributed by atoms with Crippen LogP contribution in [0.25, 0.3) is 0 Å². The first-order valence-electron chi connectivity index (χ1n) is 7.32. The number of aromatic nitrogens is 1. The van der Waals surface area contributed by atoms with E-state index in [-0.39, 0.29) is 6.04 Å². The molecule has 0 spiro atoms. The molecule has 0 saturated heterocycles. The van der Waals surface area contributed by atoms with Crippen molar-refractivity contribution in [1.29, 1.82) is 0 Å². The third kappa shape index (κ3) is 4.12. The minimum absolute atomic E-state index is 0.0282. The average molecular weight is 321 g/mol. The highest BCUT2D eigenvalue weighted by Crippen LogP contribution is 2.22. The maximum atomic E-state index is 12.1. The fourth-order valence-corrected chi connectivity index (χ4v) is 2.59. The molecule has 1 heterocycles. The first-order chi connectivity index (χ1) is 10.5. The van der Waals surface area contributed by atoms with Gasteiger partial charge < -0.3 is 15.0 Å². The van der Waals surface area contributed by atoms with E-state index < -0.39 is 12.0 Å². The number of halogens is 1. The molecule has 118 valence electrons. The van der Waals surface area contributed by atoms with E-state index in [1.807, 2.05) is 26.2 Å². The van der Waals surface area contributed by atoms with Crippen LogP contribution in [0, 0.1) is 0 Å². The van der Waals surface area contributed by atoms with E-state index in [2.05, 4.69) is 16.0 Å². The molecule has 2 atom stereocenters. The molecule has 0 saturated carbocycles. The molecule has 0 radical (unpaired) electrons. The van der Waals surface area contributed by atoms with Crippen molar-refractivity contribution in [3.05, 3.63) is 58.9 Å². The number of benzene rings is 1. The Labute approximate surface area is 135 Å². The summed E-state index contributed by atoms with van der Waals surface area (Å²) in [7, 11) is 2.00. The summed E-state index contributed by atoms with van der Waals surface area (Å²) in [5.74, 6) is -0.424. The second-order valence-corrected chi connectivity index (χ2v) is 5.89. The number of nitrogens with one attached hydrogen (secondary N) is 1. The number of rotatable bonds is 6. The molecule has 2 aromatic rings. The van der Waals surface area contributed by atoms with Gasteiger partial charge in [-0.2, -0.15) is 0 Å². The van der Waals surface area contributed by atoms with E-state index in [4.69, 9.17) is 11.6 Å². The summed E-state index contributed by atoms with van der Waals surface area (Å²) in [5.41, 5.74) is 1.64. The van der Waals surface area contributed by atoms with Crippen LogP contribution in [-0.4, -0.2) is 21.6 Å². The lowest BCUT2D eigenvalue weighted by Crippen LogP contribution is -2.36. The van der Waals surface area contributed by atoms with Crippen molar-refractivity contribution in [2.45, 2.75) is 31.9 Å². The van der Waals surface area contributed by atoms with Crippen LogP contribution in [0.1, 0.15) is 30.7 Å². The van der Waals surface area contributed by atoms with Gasteiger partial charge in [0.25, 0.3) is 5.91 Å². The van der Waals surface area contributed by atoms with Crippen LogP contribution in [0.3, 0.4) is 0 Å². The molecule has 0 aliphatic rings. The van der Waals surface area contributed by atoms with Crippen molar-refractivity contribution < 1.29 is 9.90 Å². The molecular formula is C17H21ClN2O2. The summed E-state index contributed by atoms with van der Waals surface area (Å²) in [6.45, 7) is 1.93. The number of carbonyl (C=O) groups excluding carboxylic acids is 1. The first kappa shape index (κ1) is 16.6. The van der Waals surface area contributed by atoms with Gasteiger partial charge in [0.15, 0.2) is 6.10 Å². The Morgan fingerprint density at radius 3 is 2.68 bits per heavy atom. The predicted octanol–water partition coefficient (Wildman–Crippen LogP) is 2.85. The van der Waals surface area contributed by atoms with Crippen molar-refractivity contribution in [3.63, 3.8) is 0 Å². The zero-order valence-electron chi connectivity index (χ0n) is 12.8. The van der Waals surface area contributed by atoms with Crippen molar-refractivity contribution >= 4 is 17.5 Å². The minimum atomic E-state index is -1.24. The van der Waals surface area contributed by atoms with Gasteiger partial charge in [-0.25, -0.2) is 0 Å². The third-order valence-electron chi connectivity index (χ3n) is 3.72. The Bertz CT molecular complexity index is 639. The standard InChI is InChI=1S/C17H21ClN2O2/c1-12(9-10-13-6-5-11-20(13)2)19-17(22)16(21)14-7-3-4-8-15(14)18/h3-8,11-12,16,21H,9-10H2,1-2H3,(H,19,22)/t12-,16+/m0/s1. The van der Waals surface area contributed by atoms with Crippen LogP contribution >= 0.6 is 11.6 Å². The summed E-state index contributed by atoms with van der Waals surface area (Å²) in [6, 6.07) is 10.9. The van der Waals surface area contributed by atoms with E-state index >= 15 is 0 Å². The smallest absolute Gasteiger partial charge is 0.253 e. The number of aliphatic hydroxyl groups is 1. The number of amides is 1. The van der Waals surface area contributed by atoms with Crippen molar-refractivity contribution in [2.24, 2.45) is 7.05 Å². The molecular weight excluding hydrogens is 300 g/mol. The van der Waals surface area contributed by atoms with Crippen LogP contribution in [-0.2, 0) is 18.3 Å². The lowest BCUT2D eigenvalue weighted by molar-refractivity contribution is -0.130. The molecule has 2 N–H and O–H groups in total. The van der Waals surface area contributed by atoms with Gasteiger partial charge in [-0.15, -0.1) is 0 Å². The molecule has 0 fully saturated rings. The van der Waals surface area contributed by atoms with Gasteiger partial charge in [0.05, 0.1) is 0 Å². The molecule has 1 aromatic heterocycles. The lowest BCUT2D eigenvalue weighted by atomic mass is 10.1. The van der Waals surface area contributed by atoms with Gasteiger partial charge in [-0.3, -0.25) is 4.79 Å². The largest absolute Gasteiger partial charge is 0.378 e. The monoisotopic (exact) mass is 320 g/mol. The van der Waals surface area contributed by atoms with Crippen molar-refractivity contribution in [2.75, 3.05) is 0 Å². The van der Waals surface area contributed by atoms with Crippen LogP contribution < -0.4 is 5.32 Å². The normalized spacial score (nSPS) is 13.6. The van der Waals surface area contributed by atoms with E-state index in [1.165, 1.54) is 5.69 Å². The summed E-state index contributed by atoms with van der Waals surface area (Å²) in [5, 5.41) is 13.3. The van der Waals surface area contributed by atoms with Gasteiger partial charge in [0.1, 0.15) is 0 Å². The Morgan fingerprint density at radius 2 is 2.05 bits per heavy atom. The van der Waals surface area contributed by atoms with E-state index in [1.54, 1.807) is 24.3 Å². The highest BCUT2D eigenvalue weighted by molar-refractivity contribution is 6.31. The Hall–Kier alpha value is -1.78. The zero-order chi connectivity index (χ0) is 16.1. The van der Waals surface area contributed by atoms with Gasteiger partial charge in [0.2, 0.25) is 0 Å². The molecule has 5 heteroatoms. The Balaban J connectivity index is 1.88. The van der Waals surface area contributed by atoms with Crippen molar-refractivity contribution in [1.82, 2.24) is 9.88 Å². The quantitative estimate of drug-likeness (QED) is 0.860. The van der Waals surface area contributed by atoms with Gasteiger partial charge >= 0.3 is 0 Å². The molecule has 0 aliphatic heterocycles. The maximum absolute atomic E-state index is 12.1. The van der Waals surface area contributed by atoms with Crippen LogP contribution in [0.4, 0.5) is 0 Å². The Kier molecular flexibility index (Phi) is 5.63. The van der Waals surface area contributed by atoms with E-state index in [0.717, 1.165) is 12.8 Å². The predicted molar refractivity (Wildman–Crippen MR) is 87.8 cm³/mol. The fourth-order valence-electron chi connectivity index (χ4n) is 2.35. The molecule has 1 aromatic carbocycles. The summed E-state index contributed by atoms with van der Waals surface area (Å²) in [4.78, 5) is 12.1. The first-order valence-corrected chi connectivity index (χ1v) is 7.70. The van der Waals surface area contributed by atoms with Crippen LogP contribution in [0.15, 0.2) is 42.6 Å². The third-order valence-corrected chi connectivity index (χ3v) is 4.07. The number of aliphatic hydroxyl groups excluding tert-OH is 1. The second kappa shape index (κ2) is 7.47. The summed E-state index contributed by atoms with van der Waals surface area (Å²) < 4.78 is 2.06. The van der Waals surface area contributed by atoms with Crippen LogP contribution in [0.2, 0.25) is 5.02 Å². The summed E-state index contributed by atoms with van der Waals surface area (Å²) in [6.07, 6.45) is 2.43. The number of nitrogens with zero attached hydrogens (tertiary/aromatic N) is 1. The van der Waals surface area contributed by atoms with Gasteiger partial charge in [-0.1, -0.05) is 29.8 Å². The molecule has 0 aliphatic carbocycles. The molecule has 1 amide bonds. The van der Waals surface area contributed by atoms with Crippen molar-refractivity contribution in [3.8, 4) is 0 Å². The summed E-state index contributed by atoms with van der Waals surface area (Å²) >= 11 is 6.00. The number of aryl methyl sites for hydroxylation is 2. The average Bonchev–Trinajstić information content (AvgIpc) is 2.90. The second-order valence-electron chi connectivity index (χ2n) is 5.48. The number of hydrogen-bond acceptors (Lipinski definition) is 2. The number of carbonyl (C=O) groups is 1. The number of hydrogen-bond donors (Lipinski definition) is 2. The fraction of sp³-hybridized carbons (Fsp3) is 0.353. The molecule has 2 rings (SSSR count). The van der Waals surface area contributed by atoms with Gasteiger partial charge in [-0.05, 0) is 38.0 Å². The van der Waals surface area contributed by atoms with E-state index in [9.17, 15) is 9.90 Å². The molecule has 4 nitrogen and oxygen atoms in total. The highest BCUT2D eigenvalue weighted by atomic mass is 35.5. The Morgan fingerprint density at radius 1 is 1.32 bits per heavy atom. The molecule has 0 bridgehead atoms. The highest BCUT2D eigenvalue weighted by Gasteiger charge is 2.21. The zero-order valence-corrected chi connectivity index (χ0v) is 13.5. The molecule has 0 unspecified atom stereocenters.